The van der Waals surface area contributed by atoms with Crippen LogP contribution in [0.1, 0.15) is 5.56 Å². The van der Waals surface area contributed by atoms with E-state index in [0.29, 0.717) is 5.71 Å². The Kier molecular flexibility index (Phi) is 2.76. The summed E-state index contributed by atoms with van der Waals surface area (Å²) in [6.07, 6.45) is 0. The molecule has 2 aromatic carbocycles. The third kappa shape index (κ3) is 2.08. The third-order valence-electron chi connectivity index (χ3n) is 3.03. The number of amides is 1. The maximum absolute atomic E-state index is 11.9. The summed E-state index contributed by atoms with van der Waals surface area (Å²) in [7, 11) is 1.83. The largest absolute Gasteiger partial charge is 0.320 e. The molecule has 2 aromatic rings. The van der Waals surface area contributed by atoms with Crippen molar-refractivity contribution in [3.63, 3.8) is 0 Å². The van der Waals surface area contributed by atoms with Crippen LogP contribution in [0, 0.1) is 0 Å². The van der Waals surface area contributed by atoms with Gasteiger partial charge in [0.05, 0.1) is 11.4 Å². The molecular formula is C15H13N3O. The van der Waals surface area contributed by atoms with Crippen LogP contribution in [0.25, 0.3) is 0 Å². The summed E-state index contributed by atoms with van der Waals surface area (Å²) in [6.45, 7) is 0. The number of nitrogens with zero attached hydrogens (tertiary/aromatic N) is 2. The van der Waals surface area contributed by atoms with Crippen molar-refractivity contribution in [3.8, 4) is 0 Å². The number of nitrogens with one attached hydrogen (secondary N) is 1. The fraction of sp³-hybridized carbons (Fsp3) is 0.0667. The van der Waals surface area contributed by atoms with Crippen LogP contribution in [0.15, 0.2) is 59.7 Å². The second kappa shape index (κ2) is 4.57. The van der Waals surface area contributed by atoms with Crippen LogP contribution in [-0.4, -0.2) is 18.7 Å². The lowest BCUT2D eigenvalue weighted by Crippen LogP contribution is -2.20. The Labute approximate surface area is 111 Å². The molecule has 4 heteroatoms. The number of carbonyl (C=O) groups is 1. The van der Waals surface area contributed by atoms with E-state index in [1.807, 2.05) is 61.6 Å². The predicted octanol–water partition coefficient (Wildman–Crippen LogP) is 2.48. The number of fused-ring (bicyclic) bond motifs is 1. The Bertz CT molecular complexity index is 649. The van der Waals surface area contributed by atoms with E-state index in [2.05, 4.69) is 10.4 Å². The monoisotopic (exact) mass is 251 g/mol. The number of hydrogen-bond donors (Lipinski definition) is 1. The average Bonchev–Trinajstić information content (AvgIpc) is 2.76. The molecule has 4 nitrogen and oxygen atoms in total. The standard InChI is InChI=1S/C15H13N3O/c1-18(11-7-3-2-4-8-11)17-14-12-9-5-6-10-13(12)16-15(14)19/h2-10H,1H3,(H,16,17,19). The van der Waals surface area contributed by atoms with E-state index >= 15 is 0 Å². The van der Waals surface area contributed by atoms with E-state index in [1.54, 1.807) is 5.01 Å². The molecule has 0 radical (unpaired) electrons. The SMILES string of the molecule is CN(/N=C1\C(=O)Nc2ccccc21)c1ccccc1. The van der Waals surface area contributed by atoms with Gasteiger partial charge in [0.1, 0.15) is 0 Å². The van der Waals surface area contributed by atoms with Gasteiger partial charge in [-0.1, -0.05) is 36.4 Å². The van der Waals surface area contributed by atoms with Crippen molar-refractivity contribution < 1.29 is 4.79 Å². The van der Waals surface area contributed by atoms with Gasteiger partial charge >= 0.3 is 0 Å². The summed E-state index contributed by atoms with van der Waals surface area (Å²) in [5, 5.41) is 8.92. The van der Waals surface area contributed by atoms with Crippen molar-refractivity contribution in [2.75, 3.05) is 17.4 Å². The molecule has 1 aliphatic heterocycles. The highest BCUT2D eigenvalue weighted by atomic mass is 16.2. The predicted molar refractivity (Wildman–Crippen MR) is 76.5 cm³/mol. The molecule has 19 heavy (non-hydrogen) atoms. The van der Waals surface area contributed by atoms with Gasteiger partial charge in [-0.3, -0.25) is 9.80 Å². The van der Waals surface area contributed by atoms with E-state index in [4.69, 9.17) is 0 Å². The fourth-order valence-corrected chi connectivity index (χ4v) is 2.05. The van der Waals surface area contributed by atoms with Crippen LogP contribution in [-0.2, 0) is 4.79 Å². The maximum Gasteiger partial charge on any atom is 0.276 e. The lowest BCUT2D eigenvalue weighted by atomic mass is 10.1. The van der Waals surface area contributed by atoms with Crippen molar-refractivity contribution >= 4 is 23.0 Å². The van der Waals surface area contributed by atoms with E-state index in [9.17, 15) is 4.79 Å². The lowest BCUT2D eigenvalue weighted by Gasteiger charge is -2.13. The molecule has 1 amide bonds. The Hall–Kier alpha value is -2.62. The normalized spacial score (nSPS) is 15.2. The van der Waals surface area contributed by atoms with Gasteiger partial charge < -0.3 is 5.32 Å². The van der Waals surface area contributed by atoms with E-state index in [0.717, 1.165) is 16.9 Å². The Balaban J connectivity index is 1.98. The minimum absolute atomic E-state index is 0.163. The summed E-state index contributed by atoms with van der Waals surface area (Å²) in [5.74, 6) is -0.163. The topological polar surface area (TPSA) is 44.7 Å². The summed E-state index contributed by atoms with van der Waals surface area (Å²) < 4.78 is 0. The molecule has 0 saturated heterocycles. The average molecular weight is 251 g/mol. The Morgan fingerprint density at radius 1 is 1.00 bits per heavy atom. The van der Waals surface area contributed by atoms with Gasteiger partial charge in [-0.15, -0.1) is 0 Å². The van der Waals surface area contributed by atoms with E-state index in [-0.39, 0.29) is 5.91 Å². The number of para-hydroxylation sites is 2. The summed E-state index contributed by atoms with van der Waals surface area (Å²) in [6, 6.07) is 17.3. The second-order valence-corrected chi connectivity index (χ2v) is 4.31. The molecule has 3 rings (SSSR count). The Morgan fingerprint density at radius 3 is 2.47 bits per heavy atom. The molecule has 1 aliphatic rings. The molecule has 1 heterocycles. The molecule has 0 atom stereocenters. The first-order chi connectivity index (χ1) is 9.25. The zero-order chi connectivity index (χ0) is 13.2. The van der Waals surface area contributed by atoms with Crippen molar-refractivity contribution in [1.82, 2.24) is 0 Å². The molecule has 94 valence electrons. The number of benzene rings is 2. The maximum atomic E-state index is 11.9. The highest BCUT2D eigenvalue weighted by Gasteiger charge is 2.26. The zero-order valence-corrected chi connectivity index (χ0v) is 10.5. The highest BCUT2D eigenvalue weighted by molar-refractivity contribution is 6.53. The first kappa shape index (κ1) is 11.5. The zero-order valence-electron chi connectivity index (χ0n) is 10.5. The van der Waals surface area contributed by atoms with Gasteiger partial charge in [0.15, 0.2) is 5.71 Å². The van der Waals surface area contributed by atoms with Crippen LogP contribution < -0.4 is 10.3 Å². The Morgan fingerprint density at radius 2 is 1.68 bits per heavy atom. The second-order valence-electron chi connectivity index (χ2n) is 4.31. The van der Waals surface area contributed by atoms with Crippen molar-refractivity contribution in [3.05, 3.63) is 60.2 Å². The molecule has 0 saturated carbocycles. The molecule has 0 spiro atoms. The van der Waals surface area contributed by atoms with Gasteiger partial charge in [0.25, 0.3) is 5.91 Å². The minimum Gasteiger partial charge on any atom is -0.320 e. The smallest absolute Gasteiger partial charge is 0.276 e. The van der Waals surface area contributed by atoms with Crippen molar-refractivity contribution in [2.45, 2.75) is 0 Å². The number of rotatable bonds is 2. The lowest BCUT2D eigenvalue weighted by molar-refractivity contribution is -0.110. The van der Waals surface area contributed by atoms with Crippen molar-refractivity contribution in [1.29, 1.82) is 0 Å². The van der Waals surface area contributed by atoms with Gasteiger partial charge in [-0.05, 0) is 18.2 Å². The fourth-order valence-electron chi connectivity index (χ4n) is 2.05. The third-order valence-corrected chi connectivity index (χ3v) is 3.03. The molecule has 0 aromatic heterocycles. The molecule has 0 aliphatic carbocycles. The van der Waals surface area contributed by atoms with Gasteiger partial charge in [-0.2, -0.15) is 5.10 Å². The highest BCUT2D eigenvalue weighted by Crippen LogP contribution is 2.23. The van der Waals surface area contributed by atoms with Gasteiger partial charge in [0.2, 0.25) is 0 Å². The summed E-state index contributed by atoms with van der Waals surface area (Å²) >= 11 is 0. The van der Waals surface area contributed by atoms with E-state index in [1.165, 1.54) is 0 Å². The van der Waals surface area contributed by atoms with Crippen LogP contribution in [0.4, 0.5) is 11.4 Å². The van der Waals surface area contributed by atoms with Gasteiger partial charge in [0, 0.05) is 12.6 Å². The number of hydrogen-bond acceptors (Lipinski definition) is 3. The van der Waals surface area contributed by atoms with Crippen LogP contribution in [0.5, 0.6) is 0 Å². The quantitative estimate of drug-likeness (QED) is 0.833. The van der Waals surface area contributed by atoms with Gasteiger partial charge in [-0.25, -0.2) is 0 Å². The van der Waals surface area contributed by atoms with Crippen molar-refractivity contribution in [2.24, 2.45) is 5.10 Å². The number of hydrazone groups is 1. The molecule has 0 fully saturated rings. The van der Waals surface area contributed by atoms with Crippen LogP contribution in [0.3, 0.4) is 0 Å². The van der Waals surface area contributed by atoms with Crippen LogP contribution in [0.2, 0.25) is 0 Å². The number of anilines is 2. The molecule has 1 N–H and O–H groups in total. The molecule has 0 unspecified atom stereocenters. The molecular weight excluding hydrogens is 238 g/mol. The first-order valence-corrected chi connectivity index (χ1v) is 6.04. The molecule has 0 bridgehead atoms. The van der Waals surface area contributed by atoms with E-state index < -0.39 is 0 Å². The minimum atomic E-state index is -0.163. The summed E-state index contributed by atoms with van der Waals surface area (Å²) in [4.78, 5) is 11.9. The van der Waals surface area contributed by atoms with Crippen LogP contribution >= 0.6 is 0 Å². The number of carbonyl (C=O) groups excluding carboxylic acids is 1. The summed E-state index contributed by atoms with van der Waals surface area (Å²) in [5.41, 5.74) is 3.04. The first-order valence-electron chi connectivity index (χ1n) is 6.04.